The van der Waals surface area contributed by atoms with Crippen molar-refractivity contribution in [1.82, 2.24) is 9.21 Å². The maximum atomic E-state index is 11.6. The molecule has 1 aliphatic heterocycles. The molecule has 5 heteroatoms. The van der Waals surface area contributed by atoms with Gasteiger partial charge >= 0.3 is 6.03 Å². The summed E-state index contributed by atoms with van der Waals surface area (Å²) in [4.78, 5) is 13.3. The van der Waals surface area contributed by atoms with Crippen LogP contribution >= 0.6 is 0 Å². The van der Waals surface area contributed by atoms with E-state index in [1.807, 2.05) is 13.8 Å². The molecule has 0 aromatic heterocycles. The number of amides is 2. The summed E-state index contributed by atoms with van der Waals surface area (Å²) in [5.41, 5.74) is 0. The Labute approximate surface area is 79.7 Å². The van der Waals surface area contributed by atoms with E-state index >= 15 is 0 Å². The predicted octanol–water partition coefficient (Wildman–Crippen LogP) is 0.394. The molecule has 13 heavy (non-hydrogen) atoms. The van der Waals surface area contributed by atoms with Crippen molar-refractivity contribution in [2.24, 2.45) is 0 Å². The molecule has 1 fully saturated rings. The molecule has 0 saturated carbocycles. The quantitative estimate of drug-likeness (QED) is 0.611. The van der Waals surface area contributed by atoms with Crippen LogP contribution in [0.15, 0.2) is 0 Å². The number of rotatable bonds is 2. The molecule has 0 bridgehead atoms. The van der Waals surface area contributed by atoms with Crippen LogP contribution in [0.2, 0.25) is 0 Å². The summed E-state index contributed by atoms with van der Waals surface area (Å²) in [6.45, 7) is 5.07. The minimum Gasteiger partial charge on any atom is -0.320 e. The summed E-state index contributed by atoms with van der Waals surface area (Å²) in [5, 5.41) is 0. The SMILES string of the molecule is C=S(C)(=O)N1CCN(C(C)C)C1=O. The van der Waals surface area contributed by atoms with Gasteiger partial charge in [-0.15, -0.1) is 0 Å². The van der Waals surface area contributed by atoms with Crippen LogP contribution in [-0.2, 0) is 9.71 Å². The lowest BCUT2D eigenvalue weighted by Crippen LogP contribution is -2.38. The molecular weight excluding hydrogens is 188 g/mol. The number of nitrogens with zero attached hydrogens (tertiary/aromatic N) is 2. The van der Waals surface area contributed by atoms with E-state index in [1.54, 1.807) is 4.90 Å². The fourth-order valence-corrected chi connectivity index (χ4v) is 2.27. The number of hydrogen-bond donors (Lipinski definition) is 0. The van der Waals surface area contributed by atoms with Crippen molar-refractivity contribution in [1.29, 1.82) is 0 Å². The molecule has 1 atom stereocenters. The fourth-order valence-electron chi connectivity index (χ4n) is 1.37. The van der Waals surface area contributed by atoms with Gasteiger partial charge in [0, 0.05) is 28.6 Å². The van der Waals surface area contributed by atoms with Gasteiger partial charge in [0.25, 0.3) is 0 Å². The van der Waals surface area contributed by atoms with Gasteiger partial charge in [-0.25, -0.2) is 13.3 Å². The lowest BCUT2D eigenvalue weighted by molar-refractivity contribution is 0.197. The Bertz CT molecular complexity index is 308. The van der Waals surface area contributed by atoms with Crippen LogP contribution < -0.4 is 0 Å². The van der Waals surface area contributed by atoms with Gasteiger partial charge in [-0.3, -0.25) is 0 Å². The highest BCUT2D eigenvalue weighted by Gasteiger charge is 2.32. The zero-order valence-electron chi connectivity index (χ0n) is 8.32. The summed E-state index contributed by atoms with van der Waals surface area (Å²) in [6, 6.07) is 0.0109. The third-order valence-electron chi connectivity index (χ3n) is 2.09. The molecule has 1 aliphatic rings. The van der Waals surface area contributed by atoms with Crippen molar-refractivity contribution in [3.63, 3.8) is 0 Å². The zero-order valence-corrected chi connectivity index (χ0v) is 9.13. The third-order valence-corrected chi connectivity index (χ3v) is 3.36. The van der Waals surface area contributed by atoms with Crippen molar-refractivity contribution in [3.05, 3.63) is 0 Å². The smallest absolute Gasteiger partial charge is 0.320 e. The zero-order chi connectivity index (χ0) is 10.2. The van der Waals surface area contributed by atoms with Crippen LogP contribution in [0.5, 0.6) is 0 Å². The number of hydrogen-bond acceptors (Lipinski definition) is 2. The molecule has 1 heterocycles. The Morgan fingerprint density at radius 2 is 2.00 bits per heavy atom. The van der Waals surface area contributed by atoms with E-state index in [2.05, 4.69) is 5.87 Å². The molecule has 0 spiro atoms. The first kappa shape index (κ1) is 10.4. The van der Waals surface area contributed by atoms with Crippen molar-refractivity contribution in [2.45, 2.75) is 19.9 Å². The fraction of sp³-hybridized carbons (Fsp3) is 0.750. The third kappa shape index (κ3) is 1.96. The summed E-state index contributed by atoms with van der Waals surface area (Å²) < 4.78 is 12.9. The second-order valence-electron chi connectivity index (χ2n) is 3.63. The van der Waals surface area contributed by atoms with Crippen LogP contribution in [0.4, 0.5) is 4.79 Å². The van der Waals surface area contributed by atoms with Crippen molar-refractivity contribution in [2.75, 3.05) is 19.3 Å². The molecule has 1 unspecified atom stereocenters. The van der Waals surface area contributed by atoms with Crippen LogP contribution in [0.25, 0.3) is 0 Å². The van der Waals surface area contributed by atoms with E-state index in [4.69, 9.17) is 0 Å². The highest BCUT2D eigenvalue weighted by molar-refractivity contribution is 7.97. The maximum Gasteiger partial charge on any atom is 0.331 e. The molecule has 0 aromatic rings. The van der Waals surface area contributed by atoms with E-state index in [-0.39, 0.29) is 12.1 Å². The van der Waals surface area contributed by atoms with Crippen LogP contribution in [0.1, 0.15) is 13.8 Å². The Morgan fingerprint density at radius 1 is 1.46 bits per heavy atom. The predicted molar refractivity (Wildman–Crippen MR) is 55.1 cm³/mol. The highest BCUT2D eigenvalue weighted by atomic mass is 32.2. The topological polar surface area (TPSA) is 40.6 Å². The first-order valence-corrected chi connectivity index (χ1v) is 6.34. The average molecular weight is 204 g/mol. The van der Waals surface area contributed by atoms with Gasteiger partial charge in [0.2, 0.25) is 0 Å². The minimum atomic E-state index is -2.38. The number of carbonyl (C=O) groups is 1. The van der Waals surface area contributed by atoms with Crippen LogP contribution in [-0.4, -0.2) is 50.7 Å². The number of urea groups is 1. The van der Waals surface area contributed by atoms with Crippen LogP contribution in [0, 0.1) is 0 Å². The van der Waals surface area contributed by atoms with E-state index in [0.717, 1.165) is 0 Å². The molecule has 76 valence electrons. The molecule has 0 aliphatic carbocycles. The first-order chi connectivity index (χ1) is 5.84. The minimum absolute atomic E-state index is 0.155. The van der Waals surface area contributed by atoms with Gasteiger partial charge < -0.3 is 4.90 Å². The van der Waals surface area contributed by atoms with Crippen molar-refractivity contribution in [3.8, 4) is 0 Å². The highest BCUT2D eigenvalue weighted by Crippen LogP contribution is 2.14. The monoisotopic (exact) mass is 204 g/mol. The normalized spacial score (nSPS) is 22.6. The number of carbonyl (C=O) groups excluding carboxylic acids is 1. The second kappa shape index (κ2) is 3.21. The first-order valence-electron chi connectivity index (χ1n) is 4.24. The molecule has 0 N–H and O–H groups in total. The van der Waals surface area contributed by atoms with E-state index in [1.165, 1.54) is 10.6 Å². The van der Waals surface area contributed by atoms with Crippen molar-refractivity contribution >= 4 is 21.6 Å². The second-order valence-corrected chi connectivity index (χ2v) is 5.99. The Hall–Kier alpha value is -0.710. The standard InChI is InChI=1S/C8H16N2O2S/c1-7(2)9-5-6-10(8(9)11)13(3,4)12/h7H,3,5-6H2,1-2,4H3. The summed E-state index contributed by atoms with van der Waals surface area (Å²) in [7, 11) is -2.38. The Balaban J connectivity index is 2.84. The largest absolute Gasteiger partial charge is 0.331 e. The van der Waals surface area contributed by atoms with E-state index in [0.29, 0.717) is 13.1 Å². The van der Waals surface area contributed by atoms with Gasteiger partial charge in [0.15, 0.2) is 0 Å². The lowest BCUT2D eigenvalue weighted by Gasteiger charge is -2.22. The Morgan fingerprint density at radius 3 is 2.23 bits per heavy atom. The van der Waals surface area contributed by atoms with Gasteiger partial charge in [-0.05, 0) is 19.7 Å². The molecule has 1 rings (SSSR count). The van der Waals surface area contributed by atoms with E-state index < -0.39 is 9.71 Å². The van der Waals surface area contributed by atoms with Gasteiger partial charge in [-0.1, -0.05) is 0 Å². The molecule has 0 radical (unpaired) electrons. The van der Waals surface area contributed by atoms with Crippen LogP contribution in [0.3, 0.4) is 0 Å². The van der Waals surface area contributed by atoms with Gasteiger partial charge in [-0.2, -0.15) is 0 Å². The van der Waals surface area contributed by atoms with E-state index in [9.17, 15) is 9.00 Å². The molecular formula is C8H16N2O2S. The van der Waals surface area contributed by atoms with Crippen molar-refractivity contribution < 1.29 is 9.00 Å². The van der Waals surface area contributed by atoms with Gasteiger partial charge in [0.05, 0.1) is 6.54 Å². The molecule has 0 aromatic carbocycles. The summed E-state index contributed by atoms with van der Waals surface area (Å²) in [6.07, 6.45) is 1.49. The summed E-state index contributed by atoms with van der Waals surface area (Å²) in [5.74, 6) is 3.50. The maximum absolute atomic E-state index is 11.6. The molecule has 2 amide bonds. The molecule has 4 nitrogen and oxygen atoms in total. The van der Waals surface area contributed by atoms with Gasteiger partial charge in [0.1, 0.15) is 0 Å². The Kier molecular flexibility index (Phi) is 2.56. The molecule has 1 saturated heterocycles. The lowest BCUT2D eigenvalue weighted by atomic mass is 10.3. The summed E-state index contributed by atoms with van der Waals surface area (Å²) >= 11 is 0. The average Bonchev–Trinajstić information content (AvgIpc) is 2.28.